The number of pyridine rings is 1. The molecule has 0 aliphatic carbocycles. The van der Waals surface area contributed by atoms with Crippen LogP contribution in [0.4, 0.5) is 4.79 Å². The van der Waals surface area contributed by atoms with Gasteiger partial charge in [-0.1, -0.05) is 6.07 Å². The smallest absolute Gasteiger partial charge is 0.304 e. The first-order valence-electron chi connectivity index (χ1n) is 5.47. The number of aryl methyl sites for hydroxylation is 1. The lowest BCUT2D eigenvalue weighted by molar-refractivity contribution is -0.125. The summed E-state index contributed by atoms with van der Waals surface area (Å²) < 4.78 is 0. The number of amides is 3. The molecule has 1 N–H and O–H groups in total. The zero-order chi connectivity index (χ0) is 12.6. The number of carbonyl (C=O) groups excluding carboxylic acids is 2. The third kappa shape index (κ3) is 2.00. The molecule has 0 saturated carbocycles. The molecule has 1 saturated heterocycles. The van der Waals surface area contributed by atoms with Crippen LogP contribution in [-0.2, 0) is 11.3 Å². The van der Waals surface area contributed by atoms with E-state index in [9.17, 15) is 9.59 Å². The molecule has 0 aromatic carbocycles. The summed E-state index contributed by atoms with van der Waals surface area (Å²) in [6.45, 7) is 5.68. The first kappa shape index (κ1) is 11.6. The lowest BCUT2D eigenvalue weighted by Crippen LogP contribution is -2.43. The second kappa shape index (κ2) is 3.84. The predicted molar refractivity (Wildman–Crippen MR) is 62.1 cm³/mol. The molecule has 2 heterocycles. The highest BCUT2D eigenvalue weighted by Crippen LogP contribution is 2.22. The van der Waals surface area contributed by atoms with Crippen molar-refractivity contribution in [2.75, 3.05) is 0 Å². The molecule has 2 rings (SSSR count). The second-order valence-corrected chi connectivity index (χ2v) is 4.67. The van der Waals surface area contributed by atoms with Crippen LogP contribution in [0, 0.1) is 6.92 Å². The van der Waals surface area contributed by atoms with Crippen molar-refractivity contribution in [1.82, 2.24) is 15.2 Å². The van der Waals surface area contributed by atoms with E-state index in [4.69, 9.17) is 0 Å². The molecule has 0 bridgehead atoms. The van der Waals surface area contributed by atoms with E-state index < -0.39 is 5.54 Å². The van der Waals surface area contributed by atoms with Crippen LogP contribution in [0.1, 0.15) is 25.2 Å². The van der Waals surface area contributed by atoms with Gasteiger partial charge in [-0.2, -0.15) is 0 Å². The average molecular weight is 233 g/mol. The van der Waals surface area contributed by atoms with Crippen molar-refractivity contribution < 1.29 is 9.59 Å². The number of nitrogens with zero attached hydrogens (tertiary/aromatic N) is 2. The molecule has 90 valence electrons. The van der Waals surface area contributed by atoms with Gasteiger partial charge in [0.15, 0.2) is 0 Å². The van der Waals surface area contributed by atoms with Crippen molar-refractivity contribution in [2.45, 2.75) is 32.9 Å². The summed E-state index contributed by atoms with van der Waals surface area (Å²) in [5, 5.41) is 2.31. The Balaban J connectivity index is 2.24. The van der Waals surface area contributed by atoms with E-state index in [0.717, 1.165) is 11.4 Å². The summed E-state index contributed by atoms with van der Waals surface area (Å²) in [6.07, 6.45) is 0. The van der Waals surface area contributed by atoms with E-state index in [1.165, 1.54) is 4.90 Å². The SMILES string of the molecule is Cc1cccc(CN2C(=O)NC(=O)C2(C)C)n1. The Morgan fingerprint density at radius 3 is 2.59 bits per heavy atom. The lowest BCUT2D eigenvalue weighted by Gasteiger charge is -2.27. The van der Waals surface area contributed by atoms with Gasteiger partial charge in [0.05, 0.1) is 12.2 Å². The number of urea groups is 1. The summed E-state index contributed by atoms with van der Waals surface area (Å²) >= 11 is 0. The minimum absolute atomic E-state index is 0.268. The molecular weight excluding hydrogens is 218 g/mol. The highest BCUT2D eigenvalue weighted by Gasteiger charge is 2.45. The number of aromatic nitrogens is 1. The van der Waals surface area contributed by atoms with Gasteiger partial charge in [0.1, 0.15) is 5.54 Å². The fourth-order valence-electron chi connectivity index (χ4n) is 1.81. The largest absolute Gasteiger partial charge is 0.325 e. The van der Waals surface area contributed by atoms with Crippen LogP contribution >= 0.6 is 0 Å². The van der Waals surface area contributed by atoms with Gasteiger partial charge in [0.25, 0.3) is 5.91 Å². The maximum Gasteiger partial charge on any atom is 0.325 e. The highest BCUT2D eigenvalue weighted by atomic mass is 16.2. The van der Waals surface area contributed by atoms with Gasteiger partial charge in [-0.15, -0.1) is 0 Å². The Morgan fingerprint density at radius 1 is 1.35 bits per heavy atom. The van der Waals surface area contributed by atoms with Gasteiger partial charge >= 0.3 is 6.03 Å². The third-order valence-corrected chi connectivity index (χ3v) is 2.96. The number of carbonyl (C=O) groups is 2. The standard InChI is InChI=1S/C12H15N3O2/c1-8-5-4-6-9(13-8)7-15-11(17)14-10(16)12(15,2)3/h4-6H,7H2,1-3H3,(H,14,16,17). The summed E-state index contributed by atoms with van der Waals surface area (Å²) in [5.41, 5.74) is 0.858. The molecule has 3 amide bonds. The van der Waals surface area contributed by atoms with Crippen LogP contribution in [0.3, 0.4) is 0 Å². The molecule has 5 nitrogen and oxygen atoms in total. The molecular formula is C12H15N3O2. The molecule has 0 radical (unpaired) electrons. The molecule has 1 aromatic heterocycles. The molecule has 0 unspecified atom stereocenters. The fraction of sp³-hybridized carbons (Fsp3) is 0.417. The zero-order valence-electron chi connectivity index (χ0n) is 10.2. The van der Waals surface area contributed by atoms with E-state index >= 15 is 0 Å². The minimum Gasteiger partial charge on any atom is -0.304 e. The van der Waals surface area contributed by atoms with E-state index in [2.05, 4.69) is 10.3 Å². The van der Waals surface area contributed by atoms with Crippen LogP contribution in [0.15, 0.2) is 18.2 Å². The van der Waals surface area contributed by atoms with E-state index in [-0.39, 0.29) is 11.9 Å². The highest BCUT2D eigenvalue weighted by molar-refractivity contribution is 6.06. The monoisotopic (exact) mass is 233 g/mol. The van der Waals surface area contributed by atoms with Crippen molar-refractivity contribution in [1.29, 1.82) is 0 Å². The summed E-state index contributed by atoms with van der Waals surface area (Å²) in [6, 6.07) is 5.27. The van der Waals surface area contributed by atoms with Crippen LogP contribution in [0.25, 0.3) is 0 Å². The summed E-state index contributed by atoms with van der Waals surface area (Å²) in [7, 11) is 0. The zero-order valence-corrected chi connectivity index (χ0v) is 10.2. The molecule has 5 heteroatoms. The van der Waals surface area contributed by atoms with Gasteiger partial charge in [-0.25, -0.2) is 4.79 Å². The predicted octanol–water partition coefficient (Wildman–Crippen LogP) is 1.22. The summed E-state index contributed by atoms with van der Waals surface area (Å²) in [4.78, 5) is 29.1. The maximum absolute atomic E-state index is 11.7. The van der Waals surface area contributed by atoms with Crippen LogP contribution in [0.2, 0.25) is 0 Å². The molecule has 0 atom stereocenters. The molecule has 1 aliphatic heterocycles. The van der Waals surface area contributed by atoms with Crippen LogP contribution in [0.5, 0.6) is 0 Å². The van der Waals surface area contributed by atoms with Crippen molar-refractivity contribution in [2.24, 2.45) is 0 Å². The lowest BCUT2D eigenvalue weighted by atomic mass is 10.0. The van der Waals surface area contributed by atoms with Gasteiger partial charge in [0, 0.05) is 5.69 Å². The molecule has 1 fully saturated rings. The number of nitrogens with one attached hydrogen (secondary N) is 1. The van der Waals surface area contributed by atoms with Gasteiger partial charge in [-0.3, -0.25) is 15.1 Å². The number of rotatable bonds is 2. The van der Waals surface area contributed by atoms with Gasteiger partial charge in [0.2, 0.25) is 0 Å². The van der Waals surface area contributed by atoms with E-state index in [1.807, 2.05) is 25.1 Å². The Hall–Kier alpha value is -1.91. The quantitative estimate of drug-likeness (QED) is 0.781. The first-order chi connectivity index (χ1) is 7.91. The Kier molecular flexibility index (Phi) is 2.61. The van der Waals surface area contributed by atoms with E-state index in [1.54, 1.807) is 13.8 Å². The molecule has 0 spiro atoms. The first-order valence-corrected chi connectivity index (χ1v) is 5.47. The fourth-order valence-corrected chi connectivity index (χ4v) is 1.81. The molecule has 1 aromatic rings. The number of hydrogen-bond acceptors (Lipinski definition) is 3. The Labute approximate surface area is 99.8 Å². The summed E-state index contributed by atoms with van der Waals surface area (Å²) in [5.74, 6) is -0.268. The second-order valence-electron chi connectivity index (χ2n) is 4.67. The number of hydrogen-bond donors (Lipinski definition) is 1. The van der Waals surface area contributed by atoms with Crippen molar-refractivity contribution in [3.05, 3.63) is 29.6 Å². The molecule has 1 aliphatic rings. The maximum atomic E-state index is 11.7. The Bertz CT molecular complexity index is 482. The topological polar surface area (TPSA) is 62.3 Å². The van der Waals surface area contributed by atoms with Crippen LogP contribution < -0.4 is 5.32 Å². The Morgan fingerprint density at radius 2 is 2.06 bits per heavy atom. The van der Waals surface area contributed by atoms with Gasteiger partial charge in [-0.05, 0) is 32.9 Å². The third-order valence-electron chi connectivity index (χ3n) is 2.96. The van der Waals surface area contributed by atoms with Crippen molar-refractivity contribution in [3.8, 4) is 0 Å². The van der Waals surface area contributed by atoms with Crippen LogP contribution in [-0.4, -0.2) is 27.4 Å². The minimum atomic E-state index is -0.817. The van der Waals surface area contributed by atoms with Crippen molar-refractivity contribution >= 4 is 11.9 Å². The van der Waals surface area contributed by atoms with Gasteiger partial charge < -0.3 is 4.90 Å². The number of imide groups is 1. The average Bonchev–Trinajstić information content (AvgIpc) is 2.42. The van der Waals surface area contributed by atoms with Crippen molar-refractivity contribution in [3.63, 3.8) is 0 Å². The normalized spacial score (nSPS) is 18.4. The molecule has 17 heavy (non-hydrogen) atoms. The van der Waals surface area contributed by atoms with E-state index in [0.29, 0.717) is 6.54 Å².